The summed E-state index contributed by atoms with van der Waals surface area (Å²) in [5.74, 6) is -0.411. The van der Waals surface area contributed by atoms with Gasteiger partial charge in [-0.25, -0.2) is 4.79 Å². The summed E-state index contributed by atoms with van der Waals surface area (Å²) in [6.45, 7) is 6.55. The van der Waals surface area contributed by atoms with Gasteiger partial charge in [-0.3, -0.25) is 4.98 Å². The molecule has 2 heterocycles. The molecule has 0 atom stereocenters. The Bertz CT molecular complexity index is 637. The molecule has 2 N–H and O–H groups in total. The molecule has 3 rings (SSSR count). The molecule has 1 fully saturated rings. The second-order valence-electron chi connectivity index (χ2n) is 5.53. The lowest BCUT2D eigenvalue weighted by atomic mass is 9.78. The van der Waals surface area contributed by atoms with Crippen molar-refractivity contribution in [2.45, 2.75) is 25.3 Å². The van der Waals surface area contributed by atoms with Crippen molar-refractivity contribution in [3.8, 4) is 0 Å². The molecule has 1 aliphatic heterocycles. The van der Waals surface area contributed by atoms with Crippen molar-refractivity contribution >= 4 is 11.1 Å². The monoisotopic (exact) mass is 262 g/mol. The molecule has 0 saturated carbocycles. The normalized spacial score (nSPS) is 17.8. The molecule has 1 aliphatic rings. The minimum absolute atomic E-state index is 0.00657. The number of fused-ring (bicyclic) bond motifs is 1. The largest absolute Gasteiger partial charge is 0.417 e. The molecule has 0 unspecified atom stereocenters. The highest BCUT2D eigenvalue weighted by atomic mass is 16.5. The van der Waals surface area contributed by atoms with E-state index in [0.29, 0.717) is 24.8 Å². The Balaban J connectivity index is 1.94. The van der Waals surface area contributed by atoms with E-state index in [1.807, 2.05) is 18.2 Å². The van der Waals surface area contributed by atoms with Crippen LogP contribution in [-0.4, -0.2) is 30.8 Å². The maximum atomic E-state index is 11.2. The maximum Gasteiger partial charge on any atom is 0.417 e. The van der Waals surface area contributed by atoms with Crippen LogP contribution in [0.1, 0.15) is 19.4 Å². The Morgan fingerprint density at radius 1 is 1.42 bits per heavy atom. The predicted octanol–water partition coefficient (Wildman–Crippen LogP) is 1.39. The van der Waals surface area contributed by atoms with Crippen molar-refractivity contribution in [1.29, 1.82) is 0 Å². The van der Waals surface area contributed by atoms with Crippen LogP contribution in [0.4, 0.5) is 0 Å². The lowest BCUT2D eigenvalue weighted by molar-refractivity contribution is -0.0596. The number of H-pyrrole nitrogens is 1. The molecule has 1 aromatic carbocycles. The van der Waals surface area contributed by atoms with E-state index in [4.69, 9.17) is 9.15 Å². The number of oxazole rings is 1. The molecular formula is C14H18N2O3. The summed E-state index contributed by atoms with van der Waals surface area (Å²) in [5.41, 5.74) is 2.53. The first-order chi connectivity index (χ1) is 9.09. The molecule has 2 aromatic rings. The van der Waals surface area contributed by atoms with Crippen LogP contribution < -0.4 is 11.1 Å². The van der Waals surface area contributed by atoms with Gasteiger partial charge >= 0.3 is 5.76 Å². The van der Waals surface area contributed by atoms with E-state index in [0.717, 1.165) is 12.1 Å². The third-order valence-electron chi connectivity index (χ3n) is 3.64. The smallest absolute Gasteiger partial charge is 0.408 e. The van der Waals surface area contributed by atoms with Crippen LogP contribution in [0.25, 0.3) is 11.1 Å². The Morgan fingerprint density at radius 3 is 2.84 bits per heavy atom. The van der Waals surface area contributed by atoms with Crippen LogP contribution in [0.2, 0.25) is 0 Å². The first-order valence-electron chi connectivity index (χ1n) is 6.54. The highest BCUT2D eigenvalue weighted by Gasteiger charge is 2.40. The Hall–Kier alpha value is -1.59. The fraction of sp³-hybridized carbons (Fsp3) is 0.500. The number of nitrogens with one attached hydrogen (secondary N) is 2. The molecule has 0 spiro atoms. The van der Waals surface area contributed by atoms with Crippen molar-refractivity contribution in [1.82, 2.24) is 10.3 Å². The van der Waals surface area contributed by atoms with Gasteiger partial charge in [-0.05, 0) is 17.7 Å². The number of hydrogen-bond acceptors (Lipinski definition) is 4. The summed E-state index contributed by atoms with van der Waals surface area (Å²) in [6.07, 6.45) is 0. The molecule has 102 valence electrons. The van der Waals surface area contributed by atoms with Crippen LogP contribution in [0, 0.1) is 0 Å². The maximum absolute atomic E-state index is 11.2. The summed E-state index contributed by atoms with van der Waals surface area (Å²) in [6, 6.07) is 6.29. The van der Waals surface area contributed by atoms with Gasteiger partial charge in [-0.15, -0.1) is 0 Å². The molecule has 5 nitrogen and oxygen atoms in total. The van der Waals surface area contributed by atoms with E-state index < -0.39 is 5.76 Å². The van der Waals surface area contributed by atoms with Gasteiger partial charge in [0.2, 0.25) is 0 Å². The number of ether oxygens (including phenoxy) is 1. The van der Waals surface area contributed by atoms with Gasteiger partial charge in [0.05, 0.1) is 24.1 Å². The van der Waals surface area contributed by atoms with Gasteiger partial charge in [-0.1, -0.05) is 19.9 Å². The van der Waals surface area contributed by atoms with Crippen LogP contribution in [0.3, 0.4) is 0 Å². The molecule has 1 aromatic heterocycles. The molecule has 0 bridgehead atoms. The van der Waals surface area contributed by atoms with Crippen molar-refractivity contribution in [2.75, 3.05) is 19.8 Å². The van der Waals surface area contributed by atoms with Crippen molar-refractivity contribution in [3.63, 3.8) is 0 Å². The van der Waals surface area contributed by atoms with Gasteiger partial charge < -0.3 is 14.5 Å². The number of aromatic amines is 1. The topological polar surface area (TPSA) is 67.3 Å². The molecule has 0 radical (unpaired) electrons. The van der Waals surface area contributed by atoms with Gasteiger partial charge in [0, 0.05) is 12.6 Å². The minimum Gasteiger partial charge on any atom is -0.408 e. The minimum atomic E-state index is -0.411. The SMILES string of the molecule is CC(C)NCC1(c2ccc3oc(=O)[nH]c3c2)COC1. The quantitative estimate of drug-likeness (QED) is 0.873. The summed E-state index contributed by atoms with van der Waals surface area (Å²) >= 11 is 0. The zero-order valence-corrected chi connectivity index (χ0v) is 11.2. The summed E-state index contributed by atoms with van der Waals surface area (Å²) in [4.78, 5) is 13.9. The van der Waals surface area contributed by atoms with E-state index >= 15 is 0 Å². The third kappa shape index (κ3) is 2.19. The highest BCUT2D eigenvalue weighted by Crippen LogP contribution is 2.33. The van der Waals surface area contributed by atoms with Gasteiger partial charge in [0.1, 0.15) is 0 Å². The second-order valence-corrected chi connectivity index (χ2v) is 5.53. The first kappa shape index (κ1) is 12.4. The predicted molar refractivity (Wildman–Crippen MR) is 72.5 cm³/mol. The number of hydrogen-bond donors (Lipinski definition) is 2. The highest BCUT2D eigenvalue weighted by molar-refractivity contribution is 5.73. The Labute approximate surface area is 111 Å². The number of rotatable bonds is 4. The molecule has 0 amide bonds. The summed E-state index contributed by atoms with van der Waals surface area (Å²) < 4.78 is 10.4. The first-order valence-corrected chi connectivity index (χ1v) is 6.54. The van der Waals surface area contributed by atoms with Crippen molar-refractivity contribution < 1.29 is 9.15 Å². The van der Waals surface area contributed by atoms with E-state index in [-0.39, 0.29) is 5.41 Å². The Kier molecular flexibility index (Phi) is 2.95. The molecule has 5 heteroatoms. The average molecular weight is 262 g/mol. The fourth-order valence-electron chi connectivity index (χ4n) is 2.40. The van der Waals surface area contributed by atoms with E-state index in [9.17, 15) is 4.79 Å². The van der Waals surface area contributed by atoms with E-state index in [2.05, 4.69) is 24.1 Å². The molecule has 1 saturated heterocycles. The average Bonchev–Trinajstić information content (AvgIpc) is 2.66. The van der Waals surface area contributed by atoms with Crippen LogP contribution in [0.5, 0.6) is 0 Å². The van der Waals surface area contributed by atoms with Gasteiger partial charge in [-0.2, -0.15) is 0 Å². The van der Waals surface area contributed by atoms with Crippen LogP contribution >= 0.6 is 0 Å². The van der Waals surface area contributed by atoms with Crippen molar-refractivity contribution in [3.05, 3.63) is 34.3 Å². The van der Waals surface area contributed by atoms with Crippen molar-refractivity contribution in [2.24, 2.45) is 0 Å². The fourth-order valence-corrected chi connectivity index (χ4v) is 2.40. The van der Waals surface area contributed by atoms with Crippen LogP contribution in [-0.2, 0) is 10.2 Å². The zero-order chi connectivity index (χ0) is 13.5. The lowest BCUT2D eigenvalue weighted by Gasteiger charge is -2.42. The van der Waals surface area contributed by atoms with Crippen LogP contribution in [0.15, 0.2) is 27.4 Å². The standard InChI is InChI=1S/C14H18N2O3/c1-9(2)15-6-14(7-18-8-14)10-3-4-12-11(5-10)16-13(17)19-12/h3-5,9,15H,6-8H2,1-2H3,(H,16,17). The molecule has 19 heavy (non-hydrogen) atoms. The van der Waals surface area contributed by atoms with E-state index in [1.54, 1.807) is 0 Å². The summed E-state index contributed by atoms with van der Waals surface area (Å²) in [5, 5.41) is 3.46. The van der Waals surface area contributed by atoms with Gasteiger partial charge in [0.15, 0.2) is 5.58 Å². The molecular weight excluding hydrogens is 244 g/mol. The lowest BCUT2D eigenvalue weighted by Crippen LogP contribution is -2.54. The van der Waals surface area contributed by atoms with E-state index in [1.165, 1.54) is 5.56 Å². The Morgan fingerprint density at radius 2 is 2.21 bits per heavy atom. The zero-order valence-electron chi connectivity index (χ0n) is 11.2. The number of benzene rings is 1. The third-order valence-corrected chi connectivity index (χ3v) is 3.64. The summed E-state index contributed by atoms with van der Waals surface area (Å²) in [7, 11) is 0. The molecule has 0 aliphatic carbocycles. The van der Waals surface area contributed by atoms with Gasteiger partial charge in [0.25, 0.3) is 0 Å². The number of aromatic nitrogens is 1. The second kappa shape index (κ2) is 4.51.